The summed E-state index contributed by atoms with van der Waals surface area (Å²) in [5, 5.41) is 0. The average Bonchev–Trinajstić information content (AvgIpc) is 2.82. The normalized spacial score (nSPS) is 26.2. The Kier molecular flexibility index (Phi) is 1.99. The van der Waals surface area contributed by atoms with Crippen molar-refractivity contribution >= 4 is 11.0 Å². The summed E-state index contributed by atoms with van der Waals surface area (Å²) in [6.45, 7) is 0. The highest BCUT2D eigenvalue weighted by molar-refractivity contribution is 5.74. The number of para-hydroxylation sites is 2. The number of rotatable bonds is 1. The number of fused-ring (bicyclic) bond motifs is 1. The molecule has 0 aliphatic heterocycles. The second-order valence-electron chi connectivity index (χ2n) is 4.41. The number of imidazole rings is 1. The van der Waals surface area contributed by atoms with Crippen molar-refractivity contribution in [2.75, 3.05) is 0 Å². The van der Waals surface area contributed by atoms with Crippen LogP contribution in [0.3, 0.4) is 0 Å². The third-order valence-corrected chi connectivity index (χ3v) is 3.27. The van der Waals surface area contributed by atoms with E-state index in [0.29, 0.717) is 12.0 Å². The van der Waals surface area contributed by atoms with Crippen LogP contribution in [0.25, 0.3) is 11.0 Å². The predicted molar refractivity (Wildman–Crippen MR) is 60.7 cm³/mol. The van der Waals surface area contributed by atoms with E-state index >= 15 is 0 Å². The molecule has 15 heavy (non-hydrogen) atoms. The van der Waals surface area contributed by atoms with Crippen molar-refractivity contribution < 1.29 is 0 Å². The van der Waals surface area contributed by atoms with Crippen LogP contribution in [0.15, 0.2) is 24.3 Å². The van der Waals surface area contributed by atoms with E-state index in [4.69, 9.17) is 5.73 Å². The Morgan fingerprint density at radius 1 is 1.27 bits per heavy atom. The molecule has 3 rings (SSSR count). The maximum atomic E-state index is 5.92. The molecule has 1 saturated carbocycles. The number of aromatic amines is 1. The zero-order valence-corrected chi connectivity index (χ0v) is 8.61. The molecule has 1 aliphatic carbocycles. The van der Waals surface area contributed by atoms with Crippen LogP contribution in [0.5, 0.6) is 0 Å². The topological polar surface area (TPSA) is 54.7 Å². The van der Waals surface area contributed by atoms with Gasteiger partial charge in [0, 0.05) is 12.0 Å². The Morgan fingerprint density at radius 3 is 2.87 bits per heavy atom. The highest BCUT2D eigenvalue weighted by Gasteiger charge is 2.25. The van der Waals surface area contributed by atoms with Crippen LogP contribution in [-0.2, 0) is 0 Å². The van der Waals surface area contributed by atoms with E-state index in [9.17, 15) is 0 Å². The van der Waals surface area contributed by atoms with Crippen LogP contribution in [0.2, 0.25) is 0 Å². The Bertz CT molecular complexity index is 441. The molecule has 1 heterocycles. The average molecular weight is 201 g/mol. The van der Waals surface area contributed by atoms with Crippen LogP contribution in [0, 0.1) is 0 Å². The first-order valence-electron chi connectivity index (χ1n) is 5.53. The molecule has 3 heteroatoms. The zero-order valence-electron chi connectivity index (χ0n) is 8.61. The lowest BCUT2D eigenvalue weighted by atomic mass is 10.1. The maximum absolute atomic E-state index is 5.92. The molecule has 0 amide bonds. The molecule has 2 unspecified atom stereocenters. The first kappa shape index (κ1) is 8.92. The summed E-state index contributed by atoms with van der Waals surface area (Å²) < 4.78 is 0. The number of H-pyrrole nitrogens is 1. The fraction of sp³-hybridized carbons (Fsp3) is 0.417. The second kappa shape index (κ2) is 3.35. The molecule has 0 radical (unpaired) electrons. The summed E-state index contributed by atoms with van der Waals surface area (Å²) in [4.78, 5) is 8.01. The van der Waals surface area contributed by atoms with Crippen molar-refractivity contribution in [2.24, 2.45) is 5.73 Å². The van der Waals surface area contributed by atoms with Gasteiger partial charge in [-0.05, 0) is 31.4 Å². The van der Waals surface area contributed by atoms with Gasteiger partial charge in [0.15, 0.2) is 0 Å². The van der Waals surface area contributed by atoms with Gasteiger partial charge in [0.25, 0.3) is 0 Å². The summed E-state index contributed by atoms with van der Waals surface area (Å²) in [7, 11) is 0. The quantitative estimate of drug-likeness (QED) is 0.742. The lowest BCUT2D eigenvalue weighted by molar-refractivity contribution is 0.651. The van der Waals surface area contributed by atoms with Crippen molar-refractivity contribution in [1.29, 1.82) is 0 Å². The molecule has 0 saturated heterocycles. The number of nitrogens with one attached hydrogen (secondary N) is 1. The molecule has 3 N–H and O–H groups in total. The summed E-state index contributed by atoms with van der Waals surface area (Å²) in [6, 6.07) is 8.53. The van der Waals surface area contributed by atoms with Gasteiger partial charge in [0.2, 0.25) is 0 Å². The molecule has 1 aromatic carbocycles. The lowest BCUT2D eigenvalue weighted by Crippen LogP contribution is -2.14. The SMILES string of the molecule is NC1CCC(c2nc3ccccc3[nH]2)C1. The maximum Gasteiger partial charge on any atom is 0.110 e. The molecule has 0 spiro atoms. The van der Waals surface area contributed by atoms with Gasteiger partial charge in [-0.3, -0.25) is 0 Å². The minimum absolute atomic E-state index is 0.364. The second-order valence-corrected chi connectivity index (χ2v) is 4.41. The molecule has 1 aromatic heterocycles. The standard InChI is InChI=1S/C12H15N3/c13-9-6-5-8(7-9)12-14-10-3-1-2-4-11(10)15-12/h1-4,8-9H,5-7,13H2,(H,14,15). The van der Waals surface area contributed by atoms with Crippen molar-refractivity contribution in [1.82, 2.24) is 9.97 Å². The first-order valence-corrected chi connectivity index (χ1v) is 5.53. The summed E-state index contributed by atoms with van der Waals surface area (Å²) in [5.41, 5.74) is 8.11. The van der Waals surface area contributed by atoms with Gasteiger partial charge in [-0.2, -0.15) is 0 Å². The van der Waals surface area contributed by atoms with E-state index in [0.717, 1.165) is 29.7 Å². The van der Waals surface area contributed by atoms with Crippen LogP contribution < -0.4 is 5.73 Å². The van der Waals surface area contributed by atoms with E-state index in [1.54, 1.807) is 0 Å². The van der Waals surface area contributed by atoms with Crippen LogP contribution in [-0.4, -0.2) is 16.0 Å². The zero-order chi connectivity index (χ0) is 10.3. The third-order valence-electron chi connectivity index (χ3n) is 3.27. The molecule has 78 valence electrons. The largest absolute Gasteiger partial charge is 0.342 e. The Balaban J connectivity index is 1.98. The highest BCUT2D eigenvalue weighted by atomic mass is 14.9. The Morgan fingerprint density at radius 2 is 2.13 bits per heavy atom. The van der Waals surface area contributed by atoms with E-state index in [1.165, 1.54) is 6.42 Å². The van der Waals surface area contributed by atoms with Crippen molar-refractivity contribution in [3.8, 4) is 0 Å². The Hall–Kier alpha value is -1.35. The minimum Gasteiger partial charge on any atom is -0.342 e. The fourth-order valence-electron chi connectivity index (χ4n) is 2.43. The van der Waals surface area contributed by atoms with E-state index < -0.39 is 0 Å². The highest BCUT2D eigenvalue weighted by Crippen LogP contribution is 2.32. The molecule has 1 aliphatic rings. The molecule has 1 fully saturated rings. The number of nitrogens with zero attached hydrogens (tertiary/aromatic N) is 1. The molecule has 2 atom stereocenters. The van der Waals surface area contributed by atoms with Crippen LogP contribution >= 0.6 is 0 Å². The van der Waals surface area contributed by atoms with Gasteiger partial charge in [-0.1, -0.05) is 12.1 Å². The number of nitrogens with two attached hydrogens (primary N) is 1. The van der Waals surface area contributed by atoms with Gasteiger partial charge < -0.3 is 10.7 Å². The van der Waals surface area contributed by atoms with Gasteiger partial charge in [0.05, 0.1) is 11.0 Å². The van der Waals surface area contributed by atoms with Gasteiger partial charge in [0.1, 0.15) is 5.82 Å². The molecule has 0 bridgehead atoms. The van der Waals surface area contributed by atoms with Gasteiger partial charge >= 0.3 is 0 Å². The summed E-state index contributed by atoms with van der Waals surface area (Å²) >= 11 is 0. The molecule has 3 nitrogen and oxygen atoms in total. The van der Waals surface area contributed by atoms with Crippen molar-refractivity contribution in [3.05, 3.63) is 30.1 Å². The number of hydrogen-bond acceptors (Lipinski definition) is 2. The van der Waals surface area contributed by atoms with E-state index in [2.05, 4.69) is 16.0 Å². The van der Waals surface area contributed by atoms with Crippen molar-refractivity contribution in [2.45, 2.75) is 31.2 Å². The summed E-state index contributed by atoms with van der Waals surface area (Å²) in [6.07, 6.45) is 3.36. The predicted octanol–water partition coefficient (Wildman–Crippen LogP) is 2.16. The molecular formula is C12H15N3. The van der Waals surface area contributed by atoms with Gasteiger partial charge in [-0.15, -0.1) is 0 Å². The molecular weight excluding hydrogens is 186 g/mol. The summed E-state index contributed by atoms with van der Waals surface area (Å²) in [5.74, 6) is 1.65. The van der Waals surface area contributed by atoms with E-state index in [-0.39, 0.29) is 0 Å². The third kappa shape index (κ3) is 1.53. The van der Waals surface area contributed by atoms with Crippen LogP contribution in [0.4, 0.5) is 0 Å². The number of hydrogen-bond donors (Lipinski definition) is 2. The minimum atomic E-state index is 0.364. The number of aromatic nitrogens is 2. The smallest absolute Gasteiger partial charge is 0.110 e. The van der Waals surface area contributed by atoms with Crippen LogP contribution in [0.1, 0.15) is 31.0 Å². The van der Waals surface area contributed by atoms with Crippen molar-refractivity contribution in [3.63, 3.8) is 0 Å². The number of benzene rings is 1. The fourth-order valence-corrected chi connectivity index (χ4v) is 2.43. The molecule has 2 aromatic rings. The Labute approximate surface area is 88.7 Å². The lowest BCUT2D eigenvalue weighted by Gasteiger charge is -2.04. The monoisotopic (exact) mass is 201 g/mol. The first-order chi connectivity index (χ1) is 7.33. The van der Waals surface area contributed by atoms with Gasteiger partial charge in [-0.25, -0.2) is 4.98 Å². The van der Waals surface area contributed by atoms with E-state index in [1.807, 2.05) is 18.2 Å².